The van der Waals surface area contributed by atoms with Gasteiger partial charge < -0.3 is 171 Å². The van der Waals surface area contributed by atoms with Crippen LogP contribution in [0.25, 0.3) is 0 Å². The number of rotatable bonds is 53. The number of nitrogens with one attached hydrogen (secondary N) is 8. The van der Waals surface area contributed by atoms with Crippen LogP contribution >= 0.6 is 0 Å². The van der Waals surface area contributed by atoms with Crippen LogP contribution in [0, 0.1) is 31.6 Å². The lowest BCUT2D eigenvalue weighted by molar-refractivity contribution is -0.870. The number of ketones is 2. The van der Waals surface area contributed by atoms with Crippen molar-refractivity contribution in [3.8, 4) is 0 Å². The highest BCUT2D eigenvalue weighted by atomic mass is 127. The van der Waals surface area contributed by atoms with E-state index in [0.29, 0.717) is 100 Å². The molecule has 0 aliphatic heterocycles. The van der Waals surface area contributed by atoms with Crippen LogP contribution in [0.3, 0.4) is 0 Å². The summed E-state index contributed by atoms with van der Waals surface area (Å²) in [6.45, 7) is 19.8. The normalized spacial score (nSPS) is 11.5. The van der Waals surface area contributed by atoms with Crippen molar-refractivity contribution in [2.75, 3.05) is 200 Å². The average Bonchev–Trinajstić information content (AvgIpc) is 0.878. The van der Waals surface area contributed by atoms with Crippen LogP contribution in [0.2, 0.25) is 0 Å². The number of esters is 4. The Morgan fingerprint density at radius 1 is 0.306 bits per heavy atom. The molecule has 806 valence electrons. The first-order chi connectivity index (χ1) is 65.7. The molecule has 2 unspecified atom stereocenters. The molecule has 2 atom stereocenters. The van der Waals surface area contributed by atoms with Crippen molar-refractivity contribution in [2.24, 2.45) is 10.8 Å². The van der Waals surface area contributed by atoms with Gasteiger partial charge in [-0.25, -0.2) is 19.2 Å². The third-order valence-electron chi connectivity index (χ3n) is 20.8. The van der Waals surface area contributed by atoms with Gasteiger partial charge in [0.2, 0.25) is 11.8 Å². The second-order valence-electron chi connectivity index (χ2n) is 39.4. The minimum atomic E-state index is -1.36. The molecule has 0 fully saturated rings. The number of halogens is 4. The number of carbonyl (C=O) groups excluding carboxylic acids is 14. The second kappa shape index (κ2) is 74.3. The molecule has 38 heteroatoms. The van der Waals surface area contributed by atoms with Crippen molar-refractivity contribution >= 4 is 101 Å². The highest BCUT2D eigenvalue weighted by Crippen LogP contribution is 2.25. The van der Waals surface area contributed by atoms with Crippen molar-refractivity contribution in [3.63, 3.8) is 0 Å². The minimum absolute atomic E-state index is 0. The number of urea groups is 2. The molecule has 6 aromatic carbocycles. The number of hydrogen-bond donors (Lipinski definition) is 8. The van der Waals surface area contributed by atoms with E-state index in [9.17, 15) is 67.1 Å². The van der Waals surface area contributed by atoms with Crippen LogP contribution < -0.4 is 115 Å². The monoisotopic (exact) mass is 2280 g/mol. The van der Waals surface area contributed by atoms with Crippen molar-refractivity contribution in [1.82, 2.24) is 26.6 Å². The Morgan fingerprint density at radius 3 is 1.03 bits per heavy atom. The van der Waals surface area contributed by atoms with Gasteiger partial charge in [-0.1, -0.05) is 114 Å². The molecule has 0 bridgehead atoms. The lowest BCUT2D eigenvalue weighted by Gasteiger charge is -2.27. The largest absolute Gasteiger partial charge is 1.00 e. The molecule has 0 saturated heterocycles. The summed E-state index contributed by atoms with van der Waals surface area (Å²) in [7, 11) is 26.6. The summed E-state index contributed by atoms with van der Waals surface area (Å²) in [6.07, 6.45) is 9.41. The van der Waals surface area contributed by atoms with E-state index in [1.54, 1.807) is 24.3 Å². The quantitative estimate of drug-likeness (QED) is 0.00894. The Bertz CT molecular complexity index is 4790. The Labute approximate surface area is 900 Å². The number of amides is 8. The molecule has 144 heavy (non-hydrogen) atoms. The zero-order chi connectivity index (χ0) is 105. The van der Waals surface area contributed by atoms with Crippen molar-refractivity contribution in [2.45, 2.75) is 178 Å². The molecule has 6 aromatic rings. The molecule has 0 aliphatic carbocycles. The summed E-state index contributed by atoms with van der Waals surface area (Å²) in [5.74, 6) is -2.28. The number of anilines is 3. The van der Waals surface area contributed by atoms with Crippen molar-refractivity contribution in [1.29, 1.82) is 0 Å². The standard InChI is InChI=1S/C31H48N2O9.C23H30N2O2.C21H39N3O8.C16H17NO.C15H24N4O2.2ClH.2HI/c1-24(34)32-21-27-15-13-26(14-16-27)20-28(36)12-9-7-8-10-18-40-30(38)42-23-31(3,22-41-25(2)35)29(37)39-19-11-17-33(4,5)6;1-18-8-12-20(13-9-18)23(27)24-21-14-10-19(11-15-21)17-22(26)7-5-6-16-25(2,3)4;1-17(25)31-15-21(2,18(26)29-14-10-12-24(4,5)6)16-32-20(28)30-13-9-7-8-11-23-19(27)22-3;1-12-3-7-14(8-4-12)11-17-16(18)15-9-5-13(2)6-10-15;1-12(20)17-13-6-8-14(9-7-13)18-15(21)16-10-5-11-19(2,3)4;;;;/h13-16H,7-12,17-23H2,1-6H3;8-15H,5-7,16-17H2,1-4H3;7-16H2,1-6H3,(H-,22,23,27);3-10H,11H2,1-2H3,(H,17,18);6-9H,5,10-11H2,1-4H3,(H2-,16,17,18,20,21);4*1H. The predicted molar refractivity (Wildman–Crippen MR) is 543 cm³/mol. The van der Waals surface area contributed by atoms with E-state index >= 15 is 0 Å². The number of hydrogen-bond acceptors (Lipinski definition) is 22. The second-order valence-corrected chi connectivity index (χ2v) is 39.4. The van der Waals surface area contributed by atoms with E-state index in [1.807, 2.05) is 177 Å². The summed E-state index contributed by atoms with van der Waals surface area (Å²) in [5.41, 5.74) is 8.29. The van der Waals surface area contributed by atoms with Gasteiger partial charge in [-0.3, -0.25) is 47.9 Å². The first kappa shape index (κ1) is 138. The first-order valence-electron chi connectivity index (χ1n) is 47.8. The highest BCUT2D eigenvalue weighted by Gasteiger charge is 2.40. The fourth-order valence-corrected chi connectivity index (χ4v) is 12.5. The summed E-state index contributed by atoms with van der Waals surface area (Å²) < 4.78 is 44.3. The topological polar surface area (TPSA) is 409 Å². The van der Waals surface area contributed by atoms with Gasteiger partial charge in [-0.2, -0.15) is 0 Å². The lowest BCUT2D eigenvalue weighted by atomic mass is 9.93. The minimum Gasteiger partial charge on any atom is -1.00 e. The summed E-state index contributed by atoms with van der Waals surface area (Å²) in [6, 6.07) is 44.9. The van der Waals surface area contributed by atoms with Crippen LogP contribution in [0.1, 0.15) is 191 Å². The zero-order valence-electron chi connectivity index (χ0n) is 88.8. The summed E-state index contributed by atoms with van der Waals surface area (Å²) in [5, 5.41) is 21.9. The van der Waals surface area contributed by atoms with Gasteiger partial charge >= 0.3 is 48.3 Å². The number of unbranched alkanes of at least 4 members (excludes halogenated alkanes) is 6. The van der Waals surface area contributed by atoms with E-state index in [4.69, 9.17) is 37.9 Å². The van der Waals surface area contributed by atoms with Gasteiger partial charge in [-0.15, -0.1) is 0 Å². The summed E-state index contributed by atoms with van der Waals surface area (Å²) in [4.78, 5) is 165. The number of carbonyl (C=O) groups is 14. The van der Waals surface area contributed by atoms with E-state index in [0.717, 1.165) is 135 Å². The molecular formula is C106H162Cl2I2N12O22. The Kier molecular flexibility index (Phi) is 70.9. The number of Topliss-reactive ketones (excluding diaryl/α,β-unsaturated/α-hetero) is 2. The highest BCUT2D eigenvalue weighted by molar-refractivity contribution is 6.04. The van der Waals surface area contributed by atoms with Crippen LogP contribution in [-0.2, 0) is 102 Å². The number of nitrogens with zero attached hydrogens (tertiary/aromatic N) is 4. The number of benzene rings is 6. The fraction of sp³-hybridized carbons (Fsp3) is 0.528. The molecule has 0 saturated carbocycles. The maximum Gasteiger partial charge on any atom is 0.508 e. The zero-order valence-corrected chi connectivity index (χ0v) is 94.6. The fourth-order valence-electron chi connectivity index (χ4n) is 12.5. The van der Waals surface area contributed by atoms with E-state index in [-0.39, 0.29) is 173 Å². The van der Waals surface area contributed by atoms with Gasteiger partial charge in [-0.05, 0) is 162 Å². The van der Waals surface area contributed by atoms with Crippen LogP contribution in [0.4, 0.5) is 36.2 Å². The molecule has 8 amide bonds. The Hall–Kier alpha value is -10.6. The maximum atomic E-state index is 12.7. The number of aryl methyl sites for hydroxylation is 3. The molecule has 0 aromatic heterocycles. The van der Waals surface area contributed by atoms with E-state index in [2.05, 4.69) is 91.7 Å². The van der Waals surface area contributed by atoms with Gasteiger partial charge in [0, 0.05) is 134 Å². The number of ether oxygens (including phenoxy) is 8. The molecule has 6 rings (SSSR count). The van der Waals surface area contributed by atoms with Gasteiger partial charge in [0.25, 0.3) is 11.8 Å². The van der Waals surface area contributed by atoms with Crippen molar-refractivity contribution in [3.05, 3.63) is 196 Å². The molecular weight excluding hydrogens is 2120 g/mol. The molecule has 0 spiro atoms. The van der Waals surface area contributed by atoms with E-state index < -0.39 is 47.0 Å². The average molecular weight is 2280 g/mol. The van der Waals surface area contributed by atoms with Crippen molar-refractivity contribution < 1.29 is 196 Å². The van der Waals surface area contributed by atoms with Gasteiger partial charge in [0.15, 0.2) is 0 Å². The molecule has 0 aliphatic rings. The van der Waals surface area contributed by atoms with Crippen LogP contribution in [0.15, 0.2) is 146 Å². The smallest absolute Gasteiger partial charge is 0.508 e. The van der Waals surface area contributed by atoms with Gasteiger partial charge in [0.05, 0.1) is 137 Å². The Morgan fingerprint density at radius 2 is 0.625 bits per heavy atom. The number of quaternary nitrogens is 4. The molecule has 8 N–H and O–H groups in total. The Balaban J connectivity index is -0.00000176. The van der Waals surface area contributed by atoms with Gasteiger partial charge in [0.1, 0.15) is 48.8 Å². The summed E-state index contributed by atoms with van der Waals surface area (Å²) >= 11 is 0. The molecule has 34 nitrogen and oxygen atoms in total. The predicted octanol–water partition coefficient (Wildman–Crippen LogP) is 2.54. The van der Waals surface area contributed by atoms with E-state index in [1.165, 1.54) is 54.2 Å². The first-order valence-corrected chi connectivity index (χ1v) is 47.8. The molecule has 0 heterocycles. The maximum absolute atomic E-state index is 12.7. The lowest BCUT2D eigenvalue weighted by Crippen LogP contribution is -3.00. The third-order valence-corrected chi connectivity index (χ3v) is 20.8. The van der Waals surface area contributed by atoms with Crippen LogP contribution in [0.5, 0.6) is 0 Å². The third kappa shape index (κ3) is 71.0. The molecule has 0 radical (unpaired) electrons. The SMILES string of the molecule is CC(=O)NCc1ccc(CC(=O)CCCCCCOC(=O)OCC(C)(COC(C)=O)C(=O)OCCC[N+](C)(C)C)cc1.CC(=O)Nc1ccc(NC(=O)NCCC[N+](C)(C)C)cc1.CNC(=O)NCCCCCOC(=O)OCC(C)(COC(C)=O)C(=O)OCCC[N+](C)(C)C.Cc1ccc(C(=O)Nc2ccc(CC(=O)CCCC[N+](C)(C)C)cc2)cc1.Cc1ccc(CNC(=O)c2ccc(C)cc2)cc1.[Cl-].[Cl-].[I-].[I-]. The van der Waals surface area contributed by atoms with Crippen LogP contribution in [-0.4, -0.2) is 285 Å².